The molecule has 2 N–H and O–H groups in total. The van der Waals surface area contributed by atoms with Crippen molar-refractivity contribution in [3.63, 3.8) is 0 Å². The molecule has 0 unspecified atom stereocenters. The molecule has 0 aliphatic heterocycles. The van der Waals surface area contributed by atoms with E-state index in [0.717, 1.165) is 41.3 Å². The summed E-state index contributed by atoms with van der Waals surface area (Å²) in [5, 5.41) is 19.0. The molecule has 1 heterocycles. The average Bonchev–Trinajstić information content (AvgIpc) is 2.72. The van der Waals surface area contributed by atoms with Gasteiger partial charge in [-0.3, -0.25) is 4.79 Å². The molecule has 5 nitrogen and oxygen atoms in total. The molecular formula is C10H7F2N3O2S2. The Morgan fingerprint density at radius 2 is 2.00 bits per heavy atom. The number of anilines is 2. The Bertz CT molecular complexity index is 586. The predicted molar refractivity (Wildman–Crippen MR) is 67.9 cm³/mol. The fourth-order valence-electron chi connectivity index (χ4n) is 1.19. The summed E-state index contributed by atoms with van der Waals surface area (Å²) in [7, 11) is 0. The molecule has 2 aromatic rings. The Hall–Kier alpha value is -1.74. The number of rotatable bonds is 5. The molecule has 0 atom stereocenters. The topological polar surface area (TPSA) is 75.1 Å². The van der Waals surface area contributed by atoms with Crippen molar-refractivity contribution in [1.82, 2.24) is 10.2 Å². The lowest BCUT2D eigenvalue weighted by Crippen LogP contribution is -1.96. The van der Waals surface area contributed by atoms with Crippen molar-refractivity contribution in [3.05, 3.63) is 29.8 Å². The number of thioether (sulfide) groups is 1. The number of halogens is 2. The Labute approximate surface area is 114 Å². The van der Waals surface area contributed by atoms with E-state index in [4.69, 9.17) is 5.11 Å². The minimum absolute atomic E-state index is 0.122. The van der Waals surface area contributed by atoms with E-state index in [2.05, 4.69) is 15.5 Å². The van der Waals surface area contributed by atoms with Crippen LogP contribution >= 0.6 is 23.1 Å². The number of aromatic nitrogens is 2. The average molecular weight is 303 g/mol. The van der Waals surface area contributed by atoms with Crippen LogP contribution in [0.2, 0.25) is 0 Å². The summed E-state index contributed by atoms with van der Waals surface area (Å²) in [5.74, 6) is -2.48. The van der Waals surface area contributed by atoms with Crippen LogP contribution in [0.3, 0.4) is 0 Å². The Balaban J connectivity index is 2.05. The van der Waals surface area contributed by atoms with Gasteiger partial charge in [-0.15, -0.1) is 10.2 Å². The molecule has 0 spiro atoms. The molecule has 0 saturated heterocycles. The number of carboxylic acid groups (broad SMARTS) is 1. The lowest BCUT2D eigenvalue weighted by atomic mass is 10.3. The van der Waals surface area contributed by atoms with Crippen LogP contribution in [0.15, 0.2) is 22.5 Å². The van der Waals surface area contributed by atoms with Gasteiger partial charge in [0.25, 0.3) is 0 Å². The highest BCUT2D eigenvalue weighted by Crippen LogP contribution is 2.27. The van der Waals surface area contributed by atoms with Crippen molar-refractivity contribution < 1.29 is 18.7 Å². The van der Waals surface area contributed by atoms with Crippen LogP contribution in [0, 0.1) is 11.6 Å². The van der Waals surface area contributed by atoms with Crippen LogP contribution in [0.5, 0.6) is 0 Å². The van der Waals surface area contributed by atoms with Gasteiger partial charge in [-0.05, 0) is 12.1 Å². The number of aliphatic carboxylic acids is 1. The van der Waals surface area contributed by atoms with Crippen LogP contribution in [-0.2, 0) is 4.79 Å². The summed E-state index contributed by atoms with van der Waals surface area (Å²) in [6, 6.07) is 3.00. The Morgan fingerprint density at radius 3 is 2.63 bits per heavy atom. The largest absolute Gasteiger partial charge is 0.481 e. The summed E-state index contributed by atoms with van der Waals surface area (Å²) >= 11 is 2.13. The zero-order valence-corrected chi connectivity index (χ0v) is 10.9. The standard InChI is InChI=1S/C10H7F2N3O2S2/c11-5-1-6(12)3-7(2-5)13-9-14-15-10(19-9)18-4-8(16)17/h1-3H,4H2,(H,13,14)(H,16,17). The number of nitrogens with one attached hydrogen (secondary N) is 1. The molecule has 0 aliphatic rings. The van der Waals surface area contributed by atoms with E-state index >= 15 is 0 Å². The maximum atomic E-state index is 13.0. The first kappa shape index (κ1) is 13.7. The van der Waals surface area contributed by atoms with Gasteiger partial charge in [-0.2, -0.15) is 0 Å². The molecule has 0 saturated carbocycles. The van der Waals surface area contributed by atoms with Gasteiger partial charge in [0, 0.05) is 11.8 Å². The minimum Gasteiger partial charge on any atom is -0.481 e. The molecule has 1 aromatic heterocycles. The van der Waals surface area contributed by atoms with E-state index in [0.29, 0.717) is 9.47 Å². The van der Waals surface area contributed by atoms with E-state index in [-0.39, 0.29) is 11.4 Å². The third-order valence-corrected chi connectivity index (χ3v) is 3.80. The van der Waals surface area contributed by atoms with Gasteiger partial charge in [0.1, 0.15) is 11.6 Å². The monoisotopic (exact) mass is 303 g/mol. The molecule has 1 aromatic carbocycles. The SMILES string of the molecule is O=C(O)CSc1nnc(Nc2cc(F)cc(F)c2)s1. The predicted octanol–water partition coefficient (Wildman–Crippen LogP) is 2.74. The summed E-state index contributed by atoms with van der Waals surface area (Å²) in [5.41, 5.74) is 0.212. The van der Waals surface area contributed by atoms with Gasteiger partial charge < -0.3 is 10.4 Å². The van der Waals surface area contributed by atoms with E-state index in [1.165, 1.54) is 0 Å². The summed E-state index contributed by atoms with van der Waals surface area (Å²) in [4.78, 5) is 10.4. The number of nitrogens with zero attached hydrogens (tertiary/aromatic N) is 2. The van der Waals surface area contributed by atoms with Crippen LogP contribution in [-0.4, -0.2) is 27.0 Å². The number of carbonyl (C=O) groups is 1. The van der Waals surface area contributed by atoms with Crippen molar-refractivity contribution in [1.29, 1.82) is 0 Å². The minimum atomic E-state index is -0.957. The molecular weight excluding hydrogens is 296 g/mol. The van der Waals surface area contributed by atoms with Crippen molar-refractivity contribution in [3.8, 4) is 0 Å². The molecule has 2 rings (SSSR count). The Kier molecular flexibility index (Phi) is 4.27. The van der Waals surface area contributed by atoms with Gasteiger partial charge in [0.15, 0.2) is 4.34 Å². The van der Waals surface area contributed by atoms with Gasteiger partial charge >= 0.3 is 5.97 Å². The van der Waals surface area contributed by atoms with Crippen molar-refractivity contribution in [2.24, 2.45) is 0 Å². The van der Waals surface area contributed by atoms with E-state index in [9.17, 15) is 13.6 Å². The number of hydrogen-bond acceptors (Lipinski definition) is 6. The highest BCUT2D eigenvalue weighted by atomic mass is 32.2. The third-order valence-electron chi connectivity index (χ3n) is 1.84. The molecule has 100 valence electrons. The second kappa shape index (κ2) is 5.93. The zero-order chi connectivity index (χ0) is 13.8. The molecule has 0 fully saturated rings. The lowest BCUT2D eigenvalue weighted by molar-refractivity contribution is -0.133. The molecule has 0 aliphatic carbocycles. The normalized spacial score (nSPS) is 10.4. The fourth-order valence-corrected chi connectivity index (χ4v) is 2.68. The van der Waals surface area contributed by atoms with Gasteiger partial charge in [0.05, 0.1) is 5.75 Å². The first-order valence-corrected chi connectivity index (χ1v) is 6.74. The third kappa shape index (κ3) is 4.14. The van der Waals surface area contributed by atoms with Crippen LogP contribution in [0.25, 0.3) is 0 Å². The molecule has 0 amide bonds. The Morgan fingerprint density at radius 1 is 1.32 bits per heavy atom. The van der Waals surface area contributed by atoms with Gasteiger partial charge in [-0.1, -0.05) is 23.1 Å². The zero-order valence-electron chi connectivity index (χ0n) is 9.26. The smallest absolute Gasteiger partial charge is 0.313 e. The van der Waals surface area contributed by atoms with E-state index < -0.39 is 17.6 Å². The molecule has 9 heteroatoms. The van der Waals surface area contributed by atoms with E-state index in [1.54, 1.807) is 0 Å². The van der Waals surface area contributed by atoms with Gasteiger partial charge in [0.2, 0.25) is 5.13 Å². The van der Waals surface area contributed by atoms with Crippen molar-refractivity contribution >= 4 is 39.9 Å². The highest BCUT2D eigenvalue weighted by Gasteiger charge is 2.08. The first-order valence-electron chi connectivity index (χ1n) is 4.94. The molecule has 0 radical (unpaired) electrons. The quantitative estimate of drug-likeness (QED) is 0.827. The number of carboxylic acids is 1. The fraction of sp³-hybridized carbons (Fsp3) is 0.100. The van der Waals surface area contributed by atoms with Crippen molar-refractivity contribution in [2.75, 3.05) is 11.1 Å². The molecule has 0 bridgehead atoms. The lowest BCUT2D eigenvalue weighted by Gasteiger charge is -2.01. The summed E-state index contributed by atoms with van der Waals surface area (Å²) < 4.78 is 26.4. The van der Waals surface area contributed by atoms with Gasteiger partial charge in [-0.25, -0.2) is 8.78 Å². The summed E-state index contributed by atoms with van der Waals surface area (Å²) in [6.45, 7) is 0. The van der Waals surface area contributed by atoms with Crippen molar-refractivity contribution in [2.45, 2.75) is 4.34 Å². The second-order valence-electron chi connectivity index (χ2n) is 3.34. The van der Waals surface area contributed by atoms with Crippen LogP contribution in [0.4, 0.5) is 19.6 Å². The number of hydrogen-bond donors (Lipinski definition) is 2. The van der Waals surface area contributed by atoms with Crippen LogP contribution in [0.1, 0.15) is 0 Å². The van der Waals surface area contributed by atoms with E-state index in [1.807, 2.05) is 0 Å². The maximum Gasteiger partial charge on any atom is 0.313 e. The molecule has 19 heavy (non-hydrogen) atoms. The number of benzene rings is 1. The second-order valence-corrected chi connectivity index (χ2v) is 5.54. The highest BCUT2D eigenvalue weighted by molar-refractivity contribution is 8.01. The summed E-state index contributed by atoms with van der Waals surface area (Å²) in [6.07, 6.45) is 0. The maximum absolute atomic E-state index is 13.0. The van der Waals surface area contributed by atoms with Crippen LogP contribution < -0.4 is 5.32 Å². The first-order chi connectivity index (χ1) is 9.02.